The molecule has 2 aromatic rings. The van der Waals surface area contributed by atoms with Crippen molar-refractivity contribution < 1.29 is 0 Å². The molecule has 0 spiro atoms. The first-order valence-corrected chi connectivity index (χ1v) is 9.87. The molecule has 1 aliphatic rings. The van der Waals surface area contributed by atoms with Gasteiger partial charge in [-0.3, -0.25) is 0 Å². The van der Waals surface area contributed by atoms with Gasteiger partial charge in [-0.2, -0.15) is 0 Å². The maximum absolute atomic E-state index is 2.46. The van der Waals surface area contributed by atoms with Gasteiger partial charge < -0.3 is 0 Å². The average molecular weight is 291 g/mol. The van der Waals surface area contributed by atoms with Crippen molar-refractivity contribution in [1.29, 1.82) is 0 Å². The van der Waals surface area contributed by atoms with Gasteiger partial charge in [-0.15, -0.1) is 0 Å². The second kappa shape index (κ2) is 6.90. The first-order valence-electron chi connectivity index (χ1n) is 8.08. The minimum atomic E-state index is -0.571. The van der Waals surface area contributed by atoms with Crippen LogP contribution in [0.3, 0.4) is 0 Å². The third-order valence-corrected chi connectivity index (χ3v) is 7.59. The van der Waals surface area contributed by atoms with Crippen molar-refractivity contribution in [2.75, 3.05) is 0 Å². The molecule has 3 rings (SSSR count). The number of benzene rings is 2. The molecular formula is C20H23Si. The summed E-state index contributed by atoms with van der Waals surface area (Å²) in [6.45, 7) is 2.29. The van der Waals surface area contributed by atoms with Crippen LogP contribution in [0.25, 0.3) is 6.08 Å². The summed E-state index contributed by atoms with van der Waals surface area (Å²) in [6.07, 6.45) is 8.82. The molecule has 0 nitrogen and oxygen atoms in total. The highest BCUT2D eigenvalue weighted by atomic mass is 28.3. The Hall–Kier alpha value is -1.60. The molecule has 1 atom stereocenters. The number of unbranched alkanes of at least 4 members (excludes halogenated alkanes) is 2. The fourth-order valence-corrected chi connectivity index (χ4v) is 6.43. The normalized spacial score (nSPS) is 16.4. The van der Waals surface area contributed by atoms with Gasteiger partial charge in [-0.25, -0.2) is 0 Å². The van der Waals surface area contributed by atoms with E-state index in [-0.39, 0.29) is 0 Å². The zero-order valence-corrected chi connectivity index (χ0v) is 13.8. The molecule has 1 heteroatoms. The molecule has 0 bridgehead atoms. The molecule has 0 amide bonds. The molecule has 0 fully saturated rings. The average Bonchev–Trinajstić information content (AvgIpc) is 2.96. The summed E-state index contributed by atoms with van der Waals surface area (Å²) in [5.74, 6) is 0. The minimum absolute atomic E-state index is 0.571. The number of hydrogen-bond donors (Lipinski definition) is 0. The fourth-order valence-electron chi connectivity index (χ4n) is 3.25. The van der Waals surface area contributed by atoms with Crippen LogP contribution in [-0.4, -0.2) is 8.80 Å². The molecule has 1 radical (unpaired) electrons. The van der Waals surface area contributed by atoms with Crippen molar-refractivity contribution in [1.82, 2.24) is 0 Å². The predicted octanol–water partition coefficient (Wildman–Crippen LogP) is 4.93. The van der Waals surface area contributed by atoms with E-state index < -0.39 is 8.80 Å². The summed E-state index contributed by atoms with van der Waals surface area (Å²) in [5.41, 5.74) is 3.62. The van der Waals surface area contributed by atoms with Crippen LogP contribution in [0.1, 0.15) is 42.9 Å². The van der Waals surface area contributed by atoms with Gasteiger partial charge >= 0.3 is 0 Å². The second-order valence-corrected chi connectivity index (χ2v) is 8.56. The van der Waals surface area contributed by atoms with Gasteiger partial charge in [0.2, 0.25) is 0 Å². The van der Waals surface area contributed by atoms with Crippen LogP contribution in [-0.2, 0) is 0 Å². The van der Waals surface area contributed by atoms with Crippen LogP contribution >= 0.6 is 0 Å². The van der Waals surface area contributed by atoms with E-state index in [0.29, 0.717) is 5.54 Å². The number of allylic oxidation sites excluding steroid dienone is 1. The Morgan fingerprint density at radius 2 is 1.67 bits per heavy atom. The lowest BCUT2D eigenvalue weighted by molar-refractivity contribution is 0.764. The van der Waals surface area contributed by atoms with Gasteiger partial charge in [0.25, 0.3) is 0 Å². The Kier molecular flexibility index (Phi) is 4.71. The van der Waals surface area contributed by atoms with Crippen LogP contribution < -0.4 is 5.19 Å². The zero-order chi connectivity index (χ0) is 14.5. The van der Waals surface area contributed by atoms with Crippen LogP contribution in [0.2, 0.25) is 6.04 Å². The second-order valence-electron chi connectivity index (χ2n) is 5.81. The third kappa shape index (κ3) is 3.19. The Labute approximate surface area is 130 Å². The van der Waals surface area contributed by atoms with Crippen molar-refractivity contribution in [2.24, 2.45) is 0 Å². The van der Waals surface area contributed by atoms with Crippen LogP contribution in [0, 0.1) is 0 Å². The van der Waals surface area contributed by atoms with E-state index >= 15 is 0 Å². The van der Waals surface area contributed by atoms with E-state index in [4.69, 9.17) is 0 Å². The smallest absolute Gasteiger partial charge is 0.0789 e. The van der Waals surface area contributed by atoms with Crippen LogP contribution in [0.4, 0.5) is 0 Å². The minimum Gasteiger partial charge on any atom is -0.0789 e. The SMILES string of the molecule is CCCCC[Si](c1ccccc1)C1C=Cc2ccccc21. The lowest BCUT2D eigenvalue weighted by Gasteiger charge is -2.22. The lowest BCUT2D eigenvalue weighted by Crippen LogP contribution is -2.35. The van der Waals surface area contributed by atoms with Crippen molar-refractivity contribution in [3.05, 3.63) is 71.8 Å². The van der Waals surface area contributed by atoms with E-state index in [1.165, 1.54) is 30.9 Å². The number of fused-ring (bicyclic) bond motifs is 1. The van der Waals surface area contributed by atoms with Crippen molar-refractivity contribution in [3.63, 3.8) is 0 Å². The predicted molar refractivity (Wildman–Crippen MR) is 94.4 cm³/mol. The van der Waals surface area contributed by atoms with E-state index in [0.717, 1.165) is 0 Å². The standard InChI is InChI=1S/C20H23Si/c1-2-3-9-16-21(18-11-5-4-6-12-18)20-15-14-17-10-7-8-13-19(17)20/h4-8,10-15,20H,2-3,9,16H2,1H3. The summed E-state index contributed by atoms with van der Waals surface area (Å²) >= 11 is 0. The third-order valence-electron chi connectivity index (χ3n) is 4.37. The molecule has 0 saturated heterocycles. The van der Waals surface area contributed by atoms with Gasteiger partial charge in [-0.05, 0) is 11.1 Å². The van der Waals surface area contributed by atoms with Crippen LogP contribution in [0.5, 0.6) is 0 Å². The summed E-state index contributed by atoms with van der Waals surface area (Å²) in [4.78, 5) is 0. The van der Waals surface area contributed by atoms with E-state index in [1.54, 1.807) is 10.8 Å². The van der Waals surface area contributed by atoms with Gasteiger partial charge in [0.05, 0.1) is 8.80 Å². The Morgan fingerprint density at radius 3 is 2.48 bits per heavy atom. The summed E-state index contributed by atoms with van der Waals surface area (Å²) in [6, 6.07) is 21.5. The van der Waals surface area contributed by atoms with E-state index in [9.17, 15) is 0 Å². The number of rotatable bonds is 6. The van der Waals surface area contributed by atoms with Crippen LogP contribution in [0.15, 0.2) is 60.7 Å². The molecule has 0 heterocycles. The molecule has 0 saturated carbocycles. The molecule has 0 aliphatic heterocycles. The quantitative estimate of drug-likeness (QED) is 0.523. The molecule has 2 aromatic carbocycles. The van der Waals surface area contributed by atoms with Gasteiger partial charge in [-0.1, -0.05) is 104 Å². The van der Waals surface area contributed by atoms with Crippen molar-refractivity contribution in [2.45, 2.75) is 37.8 Å². The Morgan fingerprint density at radius 1 is 0.905 bits per heavy atom. The maximum atomic E-state index is 2.46. The topological polar surface area (TPSA) is 0 Å². The van der Waals surface area contributed by atoms with E-state index in [1.807, 2.05) is 0 Å². The highest BCUT2D eigenvalue weighted by Gasteiger charge is 2.28. The monoisotopic (exact) mass is 291 g/mol. The van der Waals surface area contributed by atoms with Crippen molar-refractivity contribution in [3.8, 4) is 0 Å². The Bertz CT molecular complexity index is 600. The fraction of sp³-hybridized carbons (Fsp3) is 0.300. The van der Waals surface area contributed by atoms with Gasteiger partial charge in [0.1, 0.15) is 0 Å². The van der Waals surface area contributed by atoms with Crippen molar-refractivity contribution >= 4 is 20.1 Å². The van der Waals surface area contributed by atoms with Gasteiger partial charge in [0, 0.05) is 5.54 Å². The summed E-state index contributed by atoms with van der Waals surface area (Å²) in [5, 5.41) is 1.59. The highest BCUT2D eigenvalue weighted by molar-refractivity contribution is 6.75. The zero-order valence-electron chi connectivity index (χ0n) is 12.8. The van der Waals surface area contributed by atoms with Gasteiger partial charge in [0.15, 0.2) is 0 Å². The maximum Gasteiger partial charge on any atom is 0.0976 e. The first kappa shape index (κ1) is 14.3. The summed E-state index contributed by atoms with van der Waals surface area (Å²) in [7, 11) is -0.571. The molecule has 0 N–H and O–H groups in total. The highest BCUT2D eigenvalue weighted by Crippen LogP contribution is 2.33. The molecule has 107 valence electrons. The molecule has 1 unspecified atom stereocenters. The first-order chi connectivity index (χ1) is 10.4. The number of hydrogen-bond acceptors (Lipinski definition) is 0. The van der Waals surface area contributed by atoms with E-state index in [2.05, 4.69) is 73.7 Å². The lowest BCUT2D eigenvalue weighted by atomic mass is 10.1. The molecular weight excluding hydrogens is 268 g/mol. The summed E-state index contributed by atoms with van der Waals surface area (Å²) < 4.78 is 0. The Balaban J connectivity index is 1.88. The molecule has 21 heavy (non-hydrogen) atoms. The molecule has 1 aliphatic carbocycles. The largest absolute Gasteiger partial charge is 0.0976 e. The molecule has 0 aromatic heterocycles.